The molecule has 0 saturated carbocycles. The lowest BCUT2D eigenvalue weighted by atomic mass is 9.84. The number of fused-ring (bicyclic) bond motifs is 1. The number of hydrogen-bond acceptors (Lipinski definition) is 6. The first-order valence-corrected chi connectivity index (χ1v) is 10.5. The zero-order chi connectivity index (χ0) is 23.3. The summed E-state index contributed by atoms with van der Waals surface area (Å²) in [6.45, 7) is 7.75. The van der Waals surface area contributed by atoms with Crippen LogP contribution in [0.4, 0.5) is 0 Å². The number of nitrogens with zero attached hydrogens (tertiary/aromatic N) is 4. The lowest BCUT2D eigenvalue weighted by Gasteiger charge is -2.21. The maximum absolute atomic E-state index is 13.2. The minimum atomic E-state index is -0.0934. The summed E-state index contributed by atoms with van der Waals surface area (Å²) in [5, 5.41) is 16.6. The predicted molar refractivity (Wildman–Crippen MR) is 117 cm³/mol. The van der Waals surface area contributed by atoms with Gasteiger partial charge < -0.3 is 19.6 Å². The van der Waals surface area contributed by atoms with E-state index in [0.717, 1.165) is 17.5 Å². The maximum atomic E-state index is 13.2. The number of rotatable bonds is 10. The third-order valence-corrected chi connectivity index (χ3v) is 5.08. The predicted octanol–water partition coefficient (Wildman–Crippen LogP) is 1.45. The Labute approximate surface area is 187 Å². The van der Waals surface area contributed by atoms with Gasteiger partial charge in [0.05, 0.1) is 13.2 Å². The van der Waals surface area contributed by atoms with Crippen LogP contribution in [0.5, 0.6) is 5.88 Å². The number of hydrogen-bond donors (Lipinski definition) is 1. The lowest BCUT2D eigenvalue weighted by molar-refractivity contribution is -0.721. The van der Waals surface area contributed by atoms with Crippen molar-refractivity contribution in [1.82, 2.24) is 14.7 Å². The number of Topliss-reactive ketones (excluding diaryl/α,β-unsaturated/α-hetero) is 1. The Morgan fingerprint density at radius 1 is 1.12 bits per heavy atom. The van der Waals surface area contributed by atoms with Gasteiger partial charge in [0.15, 0.2) is 6.54 Å². The first-order valence-electron chi connectivity index (χ1n) is 10.5. The molecule has 172 valence electrons. The molecule has 0 bridgehead atoms. The highest BCUT2D eigenvalue weighted by atomic mass is 16.5. The molecule has 0 amide bonds. The Morgan fingerprint density at radius 3 is 2.56 bits per heavy atom. The number of nitrogens with one attached hydrogen (secondary N) is 1. The van der Waals surface area contributed by atoms with Gasteiger partial charge in [0.2, 0.25) is 11.4 Å². The molecule has 32 heavy (non-hydrogen) atoms. The molecule has 1 N–H and O–H groups in total. The average Bonchev–Trinajstić information content (AvgIpc) is 3.06. The second kappa shape index (κ2) is 10.1. The molecule has 2 heterocycles. The van der Waals surface area contributed by atoms with Gasteiger partial charge in [-0.15, -0.1) is 0 Å². The van der Waals surface area contributed by atoms with Gasteiger partial charge in [-0.25, -0.2) is 0 Å². The van der Waals surface area contributed by atoms with Crippen LogP contribution < -0.4 is 20.1 Å². The van der Waals surface area contributed by atoms with E-state index in [1.54, 1.807) is 26.4 Å². The first kappa shape index (κ1) is 23.6. The van der Waals surface area contributed by atoms with Crippen LogP contribution in [0.1, 0.15) is 42.3 Å². The van der Waals surface area contributed by atoms with Gasteiger partial charge in [-0.1, -0.05) is 31.4 Å². The van der Waals surface area contributed by atoms with Crippen LogP contribution in [0.2, 0.25) is 0 Å². The van der Waals surface area contributed by atoms with E-state index in [4.69, 9.17) is 19.6 Å². The molecular formula is C23H31N5O4. The zero-order valence-electron chi connectivity index (χ0n) is 19.3. The van der Waals surface area contributed by atoms with Crippen LogP contribution in [0.15, 0.2) is 30.3 Å². The molecule has 9 heteroatoms. The maximum Gasteiger partial charge on any atom is 0.317 e. The summed E-state index contributed by atoms with van der Waals surface area (Å²) in [7, 11) is 3.26. The van der Waals surface area contributed by atoms with Crippen LogP contribution in [-0.4, -0.2) is 49.4 Å². The van der Waals surface area contributed by atoms with Gasteiger partial charge >= 0.3 is 5.65 Å². The molecule has 0 radical (unpaired) electrons. The number of carbonyl (C=O) groups excluding carboxylic acids is 1. The van der Waals surface area contributed by atoms with E-state index in [2.05, 4.69) is 37.0 Å². The number of carbonyl (C=O) groups is 1. The van der Waals surface area contributed by atoms with Gasteiger partial charge in [0, 0.05) is 31.9 Å². The van der Waals surface area contributed by atoms with Crippen LogP contribution in [0.25, 0.3) is 5.65 Å². The molecule has 0 atom stereocenters. The van der Waals surface area contributed by atoms with E-state index >= 15 is 0 Å². The summed E-state index contributed by atoms with van der Waals surface area (Å²) in [6, 6.07) is 9.42. The van der Waals surface area contributed by atoms with Crippen molar-refractivity contribution in [2.75, 3.05) is 34.0 Å². The topological polar surface area (TPSA) is 104 Å². The number of ketones is 1. The van der Waals surface area contributed by atoms with Gasteiger partial charge in [-0.2, -0.15) is 9.78 Å². The number of aromatic nitrogens is 4. The zero-order valence-corrected chi connectivity index (χ0v) is 19.3. The van der Waals surface area contributed by atoms with Crippen molar-refractivity contribution in [3.8, 4) is 5.88 Å². The fourth-order valence-electron chi connectivity index (χ4n) is 3.26. The molecule has 0 spiro atoms. The van der Waals surface area contributed by atoms with Crippen molar-refractivity contribution in [3.05, 3.63) is 52.6 Å². The highest BCUT2D eigenvalue weighted by Crippen LogP contribution is 2.25. The van der Waals surface area contributed by atoms with E-state index in [-0.39, 0.29) is 23.4 Å². The molecule has 3 aromatic rings. The Kier molecular flexibility index (Phi) is 7.42. The molecule has 2 aromatic heterocycles. The average molecular weight is 442 g/mol. The molecule has 0 unspecified atom stereocenters. The summed E-state index contributed by atoms with van der Waals surface area (Å²) in [4.78, 5) is 13.2. The normalized spacial score (nSPS) is 11.8. The van der Waals surface area contributed by atoms with Crippen LogP contribution in [-0.2, 0) is 27.9 Å². The Bertz CT molecular complexity index is 1140. The lowest BCUT2D eigenvalue weighted by Crippen LogP contribution is -2.43. The second-order valence-electron chi connectivity index (χ2n) is 8.60. The first-order chi connectivity index (χ1) is 15.2. The van der Waals surface area contributed by atoms with Crippen molar-refractivity contribution in [1.29, 1.82) is 5.41 Å². The van der Waals surface area contributed by atoms with Crippen molar-refractivity contribution in [3.63, 3.8) is 0 Å². The van der Waals surface area contributed by atoms with Gasteiger partial charge in [-0.05, 0) is 40.2 Å². The molecule has 0 aliphatic carbocycles. The smallest absolute Gasteiger partial charge is 0.317 e. The molecule has 9 nitrogen and oxygen atoms in total. The SMILES string of the molecule is COCCOc1ccc2n(n1)c(=N)[n-][n+]2CC(=O)c1cc(CCOC)cc(C(C)(C)C)c1. The molecule has 0 fully saturated rings. The van der Waals surface area contributed by atoms with Crippen molar-refractivity contribution in [2.45, 2.75) is 39.2 Å². The Hall–Kier alpha value is -3.04. The highest BCUT2D eigenvalue weighted by molar-refractivity contribution is 5.95. The molecule has 3 rings (SSSR count). The quantitative estimate of drug-likeness (QED) is 0.290. The summed E-state index contributed by atoms with van der Waals surface area (Å²) in [6.07, 6.45) is 0.730. The van der Waals surface area contributed by atoms with E-state index in [1.165, 1.54) is 9.20 Å². The van der Waals surface area contributed by atoms with E-state index in [1.807, 2.05) is 12.1 Å². The third-order valence-electron chi connectivity index (χ3n) is 5.08. The van der Waals surface area contributed by atoms with Crippen molar-refractivity contribution in [2.24, 2.45) is 0 Å². The van der Waals surface area contributed by atoms with Crippen molar-refractivity contribution < 1.29 is 23.7 Å². The van der Waals surface area contributed by atoms with Gasteiger partial charge in [0.1, 0.15) is 6.61 Å². The Balaban J connectivity index is 1.88. The van der Waals surface area contributed by atoms with E-state index in [0.29, 0.717) is 36.9 Å². The fraction of sp³-hybridized carbons (Fsp3) is 0.478. The van der Waals surface area contributed by atoms with E-state index in [9.17, 15) is 4.79 Å². The highest BCUT2D eigenvalue weighted by Gasteiger charge is 2.21. The summed E-state index contributed by atoms with van der Waals surface area (Å²) in [5.74, 6) is 0.278. The molecule has 0 aliphatic rings. The minimum absolute atomic E-state index is 0.00521. The molecule has 1 aromatic carbocycles. The summed E-state index contributed by atoms with van der Waals surface area (Å²) in [5.41, 5.74) is 3.14. The largest absolute Gasteiger partial charge is 0.473 e. The number of ether oxygens (including phenoxy) is 3. The van der Waals surface area contributed by atoms with Crippen LogP contribution in [0.3, 0.4) is 0 Å². The molecule has 0 saturated heterocycles. The van der Waals surface area contributed by atoms with Crippen LogP contribution in [0, 0.1) is 5.41 Å². The third kappa shape index (κ3) is 5.60. The summed E-state index contributed by atoms with van der Waals surface area (Å²) < 4.78 is 18.5. The van der Waals surface area contributed by atoms with Gasteiger partial charge in [0.25, 0.3) is 5.88 Å². The fourth-order valence-corrected chi connectivity index (χ4v) is 3.26. The number of benzene rings is 1. The molecule has 0 aliphatic heterocycles. The monoisotopic (exact) mass is 441 g/mol. The standard InChI is InChI=1S/C23H31N5O4/c1-23(2,3)18-13-16(8-9-30-4)12-17(14-18)19(29)15-27-21-7-6-20(32-11-10-31-5)25-28(21)22(24)26-27/h6-7,12-14,24H,8-11,15H2,1-5H3. The Morgan fingerprint density at radius 2 is 1.88 bits per heavy atom. The van der Waals surface area contributed by atoms with Gasteiger partial charge in [-0.3, -0.25) is 4.79 Å². The summed E-state index contributed by atoms with van der Waals surface area (Å²) >= 11 is 0. The molecular weight excluding hydrogens is 410 g/mol. The van der Waals surface area contributed by atoms with Crippen LogP contribution >= 0.6 is 0 Å². The minimum Gasteiger partial charge on any atom is -0.473 e. The van der Waals surface area contributed by atoms with Crippen molar-refractivity contribution >= 4 is 11.4 Å². The second-order valence-corrected chi connectivity index (χ2v) is 8.60. The van der Waals surface area contributed by atoms with E-state index < -0.39 is 0 Å². The number of methoxy groups -OCH3 is 2.